The third-order valence-electron chi connectivity index (χ3n) is 3.78. The van der Waals surface area contributed by atoms with E-state index in [1.54, 1.807) is 0 Å². The lowest BCUT2D eigenvalue weighted by Crippen LogP contribution is -2.49. The lowest BCUT2D eigenvalue weighted by atomic mass is 9.87. The van der Waals surface area contributed by atoms with Gasteiger partial charge in [0.2, 0.25) is 0 Å². The summed E-state index contributed by atoms with van der Waals surface area (Å²) in [6, 6.07) is 6.48. The van der Waals surface area contributed by atoms with Crippen LogP contribution in [0.25, 0.3) is 0 Å². The fraction of sp³-hybridized carbons (Fsp3) is 0.571. The molecule has 2 N–H and O–H groups in total. The van der Waals surface area contributed by atoms with Crippen molar-refractivity contribution < 1.29 is 0 Å². The molecule has 1 aliphatic heterocycles. The molecule has 2 nitrogen and oxygen atoms in total. The highest BCUT2D eigenvalue weighted by molar-refractivity contribution is 5.58. The van der Waals surface area contributed by atoms with Crippen LogP contribution >= 0.6 is 0 Å². The molecule has 0 aliphatic carbocycles. The van der Waals surface area contributed by atoms with E-state index in [0.29, 0.717) is 6.54 Å². The van der Waals surface area contributed by atoms with E-state index >= 15 is 0 Å². The van der Waals surface area contributed by atoms with Crippen molar-refractivity contribution in [2.24, 2.45) is 17.6 Å². The van der Waals surface area contributed by atoms with Crippen LogP contribution in [0.15, 0.2) is 18.2 Å². The van der Waals surface area contributed by atoms with Crippen LogP contribution in [0.5, 0.6) is 0 Å². The van der Waals surface area contributed by atoms with Gasteiger partial charge >= 0.3 is 0 Å². The molecule has 2 heteroatoms. The summed E-state index contributed by atoms with van der Waals surface area (Å²) >= 11 is 0. The van der Waals surface area contributed by atoms with Gasteiger partial charge in [-0.15, -0.1) is 0 Å². The summed E-state index contributed by atoms with van der Waals surface area (Å²) in [5.74, 6) is 1.65. The van der Waals surface area contributed by atoms with E-state index in [1.165, 1.54) is 29.9 Å². The summed E-state index contributed by atoms with van der Waals surface area (Å²) in [6.45, 7) is 9.78. The Morgan fingerprint density at radius 2 is 2.06 bits per heavy atom. The fourth-order valence-electron chi connectivity index (χ4n) is 2.38. The van der Waals surface area contributed by atoms with Gasteiger partial charge in [0.1, 0.15) is 0 Å². The second-order valence-electron chi connectivity index (χ2n) is 5.19. The lowest BCUT2D eigenvalue weighted by molar-refractivity contribution is 0.309. The third kappa shape index (κ3) is 1.94. The number of hydrogen-bond acceptors (Lipinski definition) is 2. The minimum Gasteiger partial charge on any atom is -0.371 e. The average molecular weight is 218 g/mol. The number of benzene rings is 1. The van der Waals surface area contributed by atoms with E-state index in [9.17, 15) is 0 Å². The first kappa shape index (κ1) is 11.5. The van der Waals surface area contributed by atoms with Gasteiger partial charge in [-0.05, 0) is 36.0 Å². The van der Waals surface area contributed by atoms with Gasteiger partial charge in [-0.3, -0.25) is 0 Å². The van der Waals surface area contributed by atoms with E-state index in [1.807, 2.05) is 0 Å². The molecular formula is C14H22N2. The van der Waals surface area contributed by atoms with Gasteiger partial charge in [0, 0.05) is 25.3 Å². The van der Waals surface area contributed by atoms with Crippen molar-refractivity contribution in [3.63, 3.8) is 0 Å². The molecule has 0 atom stereocenters. The topological polar surface area (TPSA) is 29.3 Å². The highest BCUT2D eigenvalue weighted by Crippen LogP contribution is 2.32. The summed E-state index contributed by atoms with van der Waals surface area (Å²) < 4.78 is 0. The fourth-order valence-corrected chi connectivity index (χ4v) is 2.38. The second kappa shape index (κ2) is 4.46. The molecule has 0 unspecified atom stereocenters. The maximum absolute atomic E-state index is 5.84. The van der Waals surface area contributed by atoms with E-state index in [4.69, 9.17) is 5.73 Å². The Morgan fingerprint density at radius 3 is 2.62 bits per heavy atom. The summed E-state index contributed by atoms with van der Waals surface area (Å²) in [6.07, 6.45) is 0. The van der Waals surface area contributed by atoms with Crippen molar-refractivity contribution in [1.82, 2.24) is 0 Å². The first-order valence-corrected chi connectivity index (χ1v) is 6.17. The normalized spacial score (nSPS) is 16.7. The van der Waals surface area contributed by atoms with Crippen molar-refractivity contribution in [1.29, 1.82) is 0 Å². The van der Waals surface area contributed by atoms with Crippen molar-refractivity contribution in [2.75, 3.05) is 18.0 Å². The Labute approximate surface area is 98.4 Å². The summed E-state index contributed by atoms with van der Waals surface area (Å²) in [7, 11) is 0. The van der Waals surface area contributed by atoms with Gasteiger partial charge in [0.25, 0.3) is 0 Å². The van der Waals surface area contributed by atoms with Crippen molar-refractivity contribution >= 4 is 5.69 Å². The molecular weight excluding hydrogens is 196 g/mol. The second-order valence-corrected chi connectivity index (χ2v) is 5.19. The zero-order chi connectivity index (χ0) is 11.7. The molecule has 0 amide bonds. The predicted molar refractivity (Wildman–Crippen MR) is 69.6 cm³/mol. The number of aryl methyl sites for hydroxylation is 1. The van der Waals surface area contributed by atoms with E-state index in [0.717, 1.165) is 11.8 Å². The van der Waals surface area contributed by atoms with Crippen molar-refractivity contribution in [2.45, 2.75) is 27.3 Å². The molecule has 0 bridgehead atoms. The monoisotopic (exact) mass is 218 g/mol. The third-order valence-corrected chi connectivity index (χ3v) is 3.78. The van der Waals surface area contributed by atoms with Crippen LogP contribution < -0.4 is 10.6 Å². The van der Waals surface area contributed by atoms with Gasteiger partial charge < -0.3 is 10.6 Å². The van der Waals surface area contributed by atoms with Gasteiger partial charge in [-0.1, -0.05) is 26.0 Å². The Kier molecular flexibility index (Phi) is 3.20. The van der Waals surface area contributed by atoms with Gasteiger partial charge in [-0.2, -0.15) is 0 Å². The van der Waals surface area contributed by atoms with Gasteiger partial charge in [0.05, 0.1) is 0 Å². The maximum atomic E-state index is 5.84. The minimum absolute atomic E-state index is 0.644. The van der Waals surface area contributed by atoms with Gasteiger partial charge in [0.15, 0.2) is 0 Å². The molecule has 1 saturated heterocycles. The quantitative estimate of drug-likeness (QED) is 0.845. The zero-order valence-corrected chi connectivity index (χ0v) is 10.5. The molecule has 1 aliphatic rings. The molecule has 0 spiro atoms. The van der Waals surface area contributed by atoms with Crippen LogP contribution in [0, 0.1) is 18.8 Å². The molecule has 0 radical (unpaired) electrons. The van der Waals surface area contributed by atoms with Crippen LogP contribution in [0.2, 0.25) is 0 Å². The predicted octanol–water partition coefficient (Wildman–Crippen LogP) is 2.55. The minimum atomic E-state index is 0.644. The molecule has 1 aromatic carbocycles. The van der Waals surface area contributed by atoms with Crippen LogP contribution in [0.3, 0.4) is 0 Å². The highest BCUT2D eigenvalue weighted by atomic mass is 15.2. The average Bonchev–Trinajstić information content (AvgIpc) is 2.15. The number of nitrogens with two attached hydrogens (primary N) is 1. The summed E-state index contributed by atoms with van der Waals surface area (Å²) in [5, 5.41) is 0. The largest absolute Gasteiger partial charge is 0.371 e. The maximum Gasteiger partial charge on any atom is 0.0414 e. The number of anilines is 1. The van der Waals surface area contributed by atoms with E-state index in [2.05, 4.69) is 43.9 Å². The smallest absolute Gasteiger partial charge is 0.0414 e. The van der Waals surface area contributed by atoms with Crippen LogP contribution in [0.1, 0.15) is 25.0 Å². The zero-order valence-electron chi connectivity index (χ0n) is 10.5. The first-order valence-electron chi connectivity index (χ1n) is 6.17. The standard InChI is InChI=1S/C14H22N2/c1-10(2)12-8-16(9-12)14-6-4-5-11(3)13(14)7-15/h4-6,10,12H,7-9,15H2,1-3H3. The Morgan fingerprint density at radius 1 is 1.38 bits per heavy atom. The molecule has 88 valence electrons. The summed E-state index contributed by atoms with van der Waals surface area (Å²) in [4.78, 5) is 2.46. The van der Waals surface area contributed by atoms with Crippen LogP contribution in [0.4, 0.5) is 5.69 Å². The lowest BCUT2D eigenvalue weighted by Gasteiger charge is -2.44. The molecule has 1 fully saturated rings. The highest BCUT2D eigenvalue weighted by Gasteiger charge is 2.30. The Hall–Kier alpha value is -1.02. The number of nitrogens with zero attached hydrogens (tertiary/aromatic N) is 1. The molecule has 0 aromatic heterocycles. The molecule has 1 heterocycles. The molecule has 1 aromatic rings. The van der Waals surface area contributed by atoms with Crippen molar-refractivity contribution in [3.05, 3.63) is 29.3 Å². The van der Waals surface area contributed by atoms with E-state index < -0.39 is 0 Å². The Bertz CT molecular complexity index is 365. The first-order chi connectivity index (χ1) is 7.63. The number of rotatable bonds is 3. The van der Waals surface area contributed by atoms with Crippen LogP contribution in [-0.4, -0.2) is 13.1 Å². The SMILES string of the molecule is Cc1cccc(N2CC(C(C)C)C2)c1CN. The molecule has 2 rings (SSSR count). The number of hydrogen-bond donors (Lipinski definition) is 1. The molecule has 0 saturated carbocycles. The van der Waals surface area contributed by atoms with Gasteiger partial charge in [-0.25, -0.2) is 0 Å². The molecule has 16 heavy (non-hydrogen) atoms. The van der Waals surface area contributed by atoms with E-state index in [-0.39, 0.29) is 0 Å². The Balaban J connectivity index is 2.14. The van der Waals surface area contributed by atoms with Crippen LogP contribution in [-0.2, 0) is 6.54 Å². The summed E-state index contributed by atoms with van der Waals surface area (Å²) in [5.41, 5.74) is 9.81. The van der Waals surface area contributed by atoms with Crippen molar-refractivity contribution in [3.8, 4) is 0 Å².